The molecule has 8 nitrogen and oxygen atoms in total. The Morgan fingerprint density at radius 3 is 2.86 bits per heavy atom. The van der Waals surface area contributed by atoms with Gasteiger partial charge in [-0.25, -0.2) is 0 Å². The summed E-state index contributed by atoms with van der Waals surface area (Å²) in [6, 6.07) is 6.84. The number of hydrogen-bond acceptors (Lipinski definition) is 6. The molecule has 0 aliphatic carbocycles. The van der Waals surface area contributed by atoms with E-state index in [4.69, 9.17) is 14.2 Å². The Bertz CT molecular complexity index is 1290. The van der Waals surface area contributed by atoms with Crippen LogP contribution in [0.5, 0.6) is 11.5 Å². The predicted octanol–water partition coefficient (Wildman–Crippen LogP) is 4.82. The molecule has 2 aliphatic rings. The Hall–Kier alpha value is -3.66. The molecular formula is C26H28F2N4O4. The number of H-pyrrole nitrogens is 1. The average molecular weight is 499 g/mol. The van der Waals surface area contributed by atoms with Crippen LogP contribution in [0.1, 0.15) is 35.5 Å². The van der Waals surface area contributed by atoms with Crippen LogP contribution in [0.3, 0.4) is 0 Å². The first-order valence-corrected chi connectivity index (χ1v) is 11.8. The number of amides is 1. The Morgan fingerprint density at radius 1 is 1.31 bits per heavy atom. The second-order valence-electron chi connectivity index (χ2n) is 9.66. The van der Waals surface area contributed by atoms with E-state index in [1.807, 2.05) is 0 Å². The van der Waals surface area contributed by atoms with Crippen LogP contribution in [0, 0.1) is 12.3 Å². The minimum Gasteiger partial charge on any atom is -0.489 e. The van der Waals surface area contributed by atoms with Gasteiger partial charge in [0.15, 0.2) is 5.75 Å². The van der Waals surface area contributed by atoms with Gasteiger partial charge in [0.05, 0.1) is 41.5 Å². The van der Waals surface area contributed by atoms with Gasteiger partial charge in [0, 0.05) is 35.8 Å². The lowest BCUT2D eigenvalue weighted by atomic mass is 9.83. The van der Waals surface area contributed by atoms with Gasteiger partial charge in [0.2, 0.25) is 0 Å². The summed E-state index contributed by atoms with van der Waals surface area (Å²) in [5, 5.41) is 6.06. The molecule has 0 radical (unpaired) electrons. The maximum atomic E-state index is 13.2. The minimum absolute atomic E-state index is 0.0141. The molecular weight excluding hydrogens is 470 g/mol. The van der Waals surface area contributed by atoms with Crippen LogP contribution in [0.2, 0.25) is 0 Å². The van der Waals surface area contributed by atoms with Crippen LogP contribution in [0.25, 0.3) is 11.3 Å². The van der Waals surface area contributed by atoms with Crippen molar-refractivity contribution in [1.82, 2.24) is 15.3 Å². The van der Waals surface area contributed by atoms with Crippen molar-refractivity contribution in [3.05, 3.63) is 53.5 Å². The fraction of sp³-hybridized carbons (Fsp3) is 0.385. The number of fused-ring (bicyclic) bond motifs is 1. The van der Waals surface area contributed by atoms with Gasteiger partial charge in [0.25, 0.3) is 5.91 Å². The number of benzene rings is 1. The first-order valence-electron chi connectivity index (χ1n) is 11.8. The number of anilines is 2. The normalized spacial score (nSPS) is 18.3. The number of halogens is 2. The number of nitrogens with zero attached hydrogens (tertiary/aromatic N) is 1. The second-order valence-corrected chi connectivity index (χ2v) is 9.66. The molecule has 1 fully saturated rings. The zero-order chi connectivity index (χ0) is 25.4. The number of aryl methyl sites for hydroxylation is 1. The van der Waals surface area contributed by atoms with E-state index in [-0.39, 0.29) is 23.2 Å². The molecule has 1 unspecified atom stereocenters. The third-order valence-corrected chi connectivity index (χ3v) is 6.62. The average Bonchev–Trinajstić information content (AvgIpc) is 3.20. The summed E-state index contributed by atoms with van der Waals surface area (Å²) in [5.41, 5.74) is 3.75. The largest absolute Gasteiger partial charge is 0.489 e. The number of aromatic nitrogens is 2. The zero-order valence-electron chi connectivity index (χ0n) is 20.3. The van der Waals surface area contributed by atoms with Crippen LogP contribution in [-0.2, 0) is 11.2 Å². The highest BCUT2D eigenvalue weighted by atomic mass is 19.3. The standard InChI is InChI=1S/C26H28F2N4O4/c1-14-5-4-6-17(23(14)36-25(27)28)32-22-20-16(8-10-30-24(20)33)31-21(22)15-7-9-29-11-18(15)34-12-19-26(2,3)13-35-19/h4-7,9,11,19,25,31-32H,8,10,12-13H2,1-3H3,(H,30,33). The highest BCUT2D eigenvalue weighted by Gasteiger charge is 2.40. The molecule has 2 aromatic heterocycles. The van der Waals surface area contributed by atoms with Gasteiger partial charge in [-0.2, -0.15) is 8.78 Å². The van der Waals surface area contributed by atoms with Crippen molar-refractivity contribution in [3.8, 4) is 22.8 Å². The number of para-hydroxylation sites is 1. The molecule has 190 valence electrons. The zero-order valence-corrected chi connectivity index (χ0v) is 20.3. The molecule has 4 heterocycles. The lowest BCUT2D eigenvalue weighted by Crippen LogP contribution is -2.50. The fourth-order valence-corrected chi connectivity index (χ4v) is 4.51. The number of rotatable bonds is 8. The summed E-state index contributed by atoms with van der Waals surface area (Å²) in [4.78, 5) is 20.5. The number of carbonyl (C=O) groups is 1. The Kier molecular flexibility index (Phi) is 6.29. The number of ether oxygens (including phenoxy) is 3. The van der Waals surface area contributed by atoms with Gasteiger partial charge in [0.1, 0.15) is 12.4 Å². The summed E-state index contributed by atoms with van der Waals surface area (Å²) in [6.07, 6.45) is 3.79. The Morgan fingerprint density at radius 2 is 2.14 bits per heavy atom. The van der Waals surface area contributed by atoms with Gasteiger partial charge >= 0.3 is 6.61 Å². The molecule has 3 aromatic rings. The molecule has 3 N–H and O–H groups in total. The molecule has 0 spiro atoms. The van der Waals surface area contributed by atoms with Gasteiger partial charge in [-0.15, -0.1) is 0 Å². The van der Waals surface area contributed by atoms with E-state index in [0.29, 0.717) is 65.7 Å². The first kappa shape index (κ1) is 24.1. The summed E-state index contributed by atoms with van der Waals surface area (Å²) >= 11 is 0. The smallest absolute Gasteiger partial charge is 0.387 e. The number of nitrogens with one attached hydrogen (secondary N) is 3. The minimum atomic E-state index is -2.99. The number of hydrogen-bond donors (Lipinski definition) is 3. The van der Waals surface area contributed by atoms with Crippen molar-refractivity contribution < 1.29 is 27.8 Å². The molecule has 1 amide bonds. The lowest BCUT2D eigenvalue weighted by Gasteiger charge is -2.43. The number of carbonyl (C=O) groups excluding carboxylic acids is 1. The van der Waals surface area contributed by atoms with Crippen molar-refractivity contribution in [3.63, 3.8) is 0 Å². The Labute approximate surface area is 207 Å². The summed E-state index contributed by atoms with van der Waals surface area (Å²) < 4.78 is 43.0. The molecule has 0 saturated carbocycles. The maximum Gasteiger partial charge on any atom is 0.387 e. The quantitative estimate of drug-likeness (QED) is 0.412. The molecule has 2 aliphatic heterocycles. The SMILES string of the molecule is Cc1cccc(Nc2c(-c3ccncc3OCC3OCC3(C)C)[nH]c3c2C(=O)NCC3)c1OC(F)F. The highest BCUT2D eigenvalue weighted by molar-refractivity contribution is 6.06. The van der Waals surface area contributed by atoms with Crippen LogP contribution >= 0.6 is 0 Å². The fourth-order valence-electron chi connectivity index (χ4n) is 4.51. The van der Waals surface area contributed by atoms with Gasteiger partial charge < -0.3 is 29.8 Å². The van der Waals surface area contributed by atoms with Gasteiger partial charge in [-0.1, -0.05) is 26.0 Å². The van der Waals surface area contributed by atoms with E-state index in [0.717, 1.165) is 5.69 Å². The number of alkyl halides is 2. The third-order valence-electron chi connectivity index (χ3n) is 6.62. The monoisotopic (exact) mass is 498 g/mol. The van der Waals surface area contributed by atoms with Crippen molar-refractivity contribution >= 4 is 17.3 Å². The van der Waals surface area contributed by atoms with Crippen LogP contribution in [0.4, 0.5) is 20.2 Å². The number of pyridine rings is 1. The molecule has 36 heavy (non-hydrogen) atoms. The van der Waals surface area contributed by atoms with Crippen LogP contribution < -0.4 is 20.1 Å². The Balaban J connectivity index is 1.57. The highest BCUT2D eigenvalue weighted by Crippen LogP contribution is 2.43. The molecule has 1 saturated heterocycles. The molecule has 0 bridgehead atoms. The van der Waals surface area contributed by atoms with E-state index in [1.165, 1.54) is 0 Å². The summed E-state index contributed by atoms with van der Waals surface area (Å²) in [6.45, 7) is 4.44. The molecule has 1 aromatic carbocycles. The van der Waals surface area contributed by atoms with E-state index in [1.54, 1.807) is 43.6 Å². The van der Waals surface area contributed by atoms with Crippen molar-refractivity contribution in [2.45, 2.75) is 39.9 Å². The van der Waals surface area contributed by atoms with E-state index < -0.39 is 6.61 Å². The number of aromatic amines is 1. The van der Waals surface area contributed by atoms with E-state index >= 15 is 0 Å². The molecule has 5 rings (SSSR count). The predicted molar refractivity (Wildman–Crippen MR) is 130 cm³/mol. The maximum absolute atomic E-state index is 13.2. The van der Waals surface area contributed by atoms with Gasteiger partial charge in [-0.05, 0) is 24.6 Å². The molecule has 1 atom stereocenters. The van der Waals surface area contributed by atoms with Crippen LogP contribution in [-0.4, -0.2) is 48.3 Å². The lowest BCUT2D eigenvalue weighted by molar-refractivity contribution is -0.180. The third kappa shape index (κ3) is 4.48. The van der Waals surface area contributed by atoms with Crippen molar-refractivity contribution in [2.24, 2.45) is 5.41 Å². The first-order chi connectivity index (χ1) is 17.2. The van der Waals surface area contributed by atoms with Crippen LogP contribution in [0.15, 0.2) is 36.7 Å². The topological polar surface area (TPSA) is 97.5 Å². The molecule has 10 heteroatoms. The van der Waals surface area contributed by atoms with Crippen molar-refractivity contribution in [1.29, 1.82) is 0 Å². The second kappa shape index (κ2) is 9.42. The van der Waals surface area contributed by atoms with E-state index in [2.05, 4.69) is 34.4 Å². The summed E-state index contributed by atoms with van der Waals surface area (Å²) in [5.74, 6) is 0.269. The van der Waals surface area contributed by atoms with Crippen molar-refractivity contribution in [2.75, 3.05) is 25.1 Å². The van der Waals surface area contributed by atoms with Gasteiger partial charge in [-0.3, -0.25) is 9.78 Å². The van der Waals surface area contributed by atoms with E-state index in [9.17, 15) is 13.6 Å². The summed E-state index contributed by atoms with van der Waals surface area (Å²) in [7, 11) is 0.